The van der Waals surface area contributed by atoms with E-state index in [1.807, 2.05) is 6.07 Å². The van der Waals surface area contributed by atoms with E-state index >= 15 is 0 Å². The molecule has 0 unspecified atom stereocenters. The van der Waals surface area contributed by atoms with Gasteiger partial charge in [-0.1, -0.05) is 29.3 Å². The first kappa shape index (κ1) is 12.8. The van der Waals surface area contributed by atoms with Crippen molar-refractivity contribution in [2.45, 2.75) is 6.42 Å². The zero-order valence-corrected chi connectivity index (χ0v) is 10.6. The Morgan fingerprint density at radius 2 is 2.00 bits per heavy atom. The first-order valence-corrected chi connectivity index (χ1v) is 5.84. The van der Waals surface area contributed by atoms with Crippen LogP contribution in [0.25, 0.3) is 11.1 Å². The van der Waals surface area contributed by atoms with Crippen molar-refractivity contribution in [3.8, 4) is 17.2 Å². The number of rotatable bonds is 2. The lowest BCUT2D eigenvalue weighted by Crippen LogP contribution is -1.95. The number of hydrogen-bond acceptors (Lipinski definition) is 2. The van der Waals surface area contributed by atoms with E-state index in [1.165, 1.54) is 6.20 Å². The molecule has 1 aromatic heterocycles. The van der Waals surface area contributed by atoms with E-state index in [0.29, 0.717) is 26.7 Å². The Balaban J connectivity index is 2.60. The largest absolute Gasteiger partial charge is 0.261 e. The molecule has 90 valence electrons. The predicted octanol–water partition coefficient (Wildman–Crippen LogP) is 4.26. The summed E-state index contributed by atoms with van der Waals surface area (Å²) in [7, 11) is 0. The highest BCUT2D eigenvalue weighted by molar-refractivity contribution is 6.42. The van der Waals surface area contributed by atoms with Crippen LogP contribution in [0.5, 0.6) is 0 Å². The van der Waals surface area contributed by atoms with Crippen LogP contribution in [-0.4, -0.2) is 4.98 Å². The van der Waals surface area contributed by atoms with E-state index < -0.39 is 5.82 Å². The van der Waals surface area contributed by atoms with Crippen LogP contribution in [0.1, 0.15) is 5.56 Å². The Labute approximate surface area is 114 Å². The van der Waals surface area contributed by atoms with Gasteiger partial charge >= 0.3 is 0 Å². The summed E-state index contributed by atoms with van der Waals surface area (Å²) in [5.74, 6) is -0.500. The molecular weight excluding hydrogens is 274 g/mol. The molecule has 0 saturated carbocycles. The molecule has 18 heavy (non-hydrogen) atoms. The van der Waals surface area contributed by atoms with Crippen molar-refractivity contribution in [3.05, 3.63) is 52.0 Å². The number of hydrogen-bond donors (Lipinski definition) is 0. The van der Waals surface area contributed by atoms with Crippen LogP contribution >= 0.6 is 23.2 Å². The molecule has 2 nitrogen and oxygen atoms in total. The molecule has 0 radical (unpaired) electrons. The van der Waals surface area contributed by atoms with Crippen molar-refractivity contribution in [3.63, 3.8) is 0 Å². The molecule has 2 aromatic rings. The van der Waals surface area contributed by atoms with Crippen LogP contribution in [0, 0.1) is 17.1 Å². The summed E-state index contributed by atoms with van der Waals surface area (Å²) in [5, 5.41) is 9.53. The van der Waals surface area contributed by atoms with E-state index in [9.17, 15) is 4.39 Å². The van der Waals surface area contributed by atoms with Crippen LogP contribution in [0.3, 0.4) is 0 Å². The summed E-state index contributed by atoms with van der Waals surface area (Å²) in [6.07, 6.45) is 2.58. The highest BCUT2D eigenvalue weighted by Gasteiger charge is 2.11. The van der Waals surface area contributed by atoms with Gasteiger partial charge in [0.15, 0.2) is 0 Å². The third-order valence-electron chi connectivity index (χ3n) is 2.49. The molecule has 0 spiro atoms. The first-order chi connectivity index (χ1) is 8.63. The lowest BCUT2D eigenvalue weighted by atomic mass is 10.00. The van der Waals surface area contributed by atoms with Gasteiger partial charge in [0.05, 0.1) is 28.7 Å². The average molecular weight is 281 g/mol. The van der Waals surface area contributed by atoms with E-state index in [2.05, 4.69) is 4.98 Å². The van der Waals surface area contributed by atoms with E-state index in [0.717, 1.165) is 6.20 Å². The summed E-state index contributed by atoms with van der Waals surface area (Å²) in [6, 6.07) is 6.90. The summed E-state index contributed by atoms with van der Waals surface area (Å²) in [4.78, 5) is 3.80. The summed E-state index contributed by atoms with van der Waals surface area (Å²) in [5.41, 5.74) is 1.54. The molecule has 0 saturated heterocycles. The molecule has 5 heteroatoms. The van der Waals surface area contributed by atoms with Gasteiger partial charge in [-0.3, -0.25) is 4.98 Å². The minimum Gasteiger partial charge on any atom is -0.261 e. The Bertz CT molecular complexity index is 635. The van der Waals surface area contributed by atoms with Gasteiger partial charge in [0.25, 0.3) is 0 Å². The lowest BCUT2D eigenvalue weighted by Gasteiger charge is -2.08. The third-order valence-corrected chi connectivity index (χ3v) is 3.23. The van der Waals surface area contributed by atoms with Crippen molar-refractivity contribution in [2.24, 2.45) is 0 Å². The number of pyridine rings is 1. The molecule has 2 rings (SSSR count). The summed E-state index contributed by atoms with van der Waals surface area (Å²) < 4.78 is 13.6. The van der Waals surface area contributed by atoms with Gasteiger partial charge < -0.3 is 0 Å². The topological polar surface area (TPSA) is 36.7 Å². The van der Waals surface area contributed by atoms with Gasteiger partial charge in [0, 0.05) is 17.3 Å². The molecule has 0 aliphatic carbocycles. The van der Waals surface area contributed by atoms with Crippen molar-refractivity contribution >= 4 is 23.2 Å². The highest BCUT2D eigenvalue weighted by atomic mass is 35.5. The summed E-state index contributed by atoms with van der Waals surface area (Å²) >= 11 is 11.7. The minimum absolute atomic E-state index is 0.0239. The smallest absolute Gasteiger partial charge is 0.146 e. The van der Waals surface area contributed by atoms with E-state index in [1.54, 1.807) is 18.2 Å². The second kappa shape index (κ2) is 5.34. The normalized spacial score (nSPS) is 10.1. The number of nitriles is 1. The zero-order chi connectivity index (χ0) is 13.1. The fraction of sp³-hybridized carbons (Fsp3) is 0.0769. The van der Waals surface area contributed by atoms with Gasteiger partial charge in [0.1, 0.15) is 5.82 Å². The van der Waals surface area contributed by atoms with Crippen LogP contribution in [0.15, 0.2) is 30.6 Å². The number of benzene rings is 1. The fourth-order valence-electron chi connectivity index (χ4n) is 1.63. The SMILES string of the molecule is N#CCc1c(F)cncc1-c1ccc(Cl)c(Cl)c1. The standard InChI is InChI=1S/C13H7Cl2FN2/c14-11-2-1-8(5-12(11)15)10-6-18-7-13(16)9(10)3-4-17/h1-2,5-7H,3H2. The fourth-order valence-corrected chi connectivity index (χ4v) is 1.93. The predicted molar refractivity (Wildman–Crippen MR) is 69.0 cm³/mol. The Hall–Kier alpha value is -1.63. The molecule has 0 fully saturated rings. The van der Waals surface area contributed by atoms with E-state index in [-0.39, 0.29) is 6.42 Å². The van der Waals surface area contributed by atoms with Gasteiger partial charge in [-0.2, -0.15) is 5.26 Å². The van der Waals surface area contributed by atoms with Gasteiger partial charge in [0.2, 0.25) is 0 Å². The number of aromatic nitrogens is 1. The quantitative estimate of drug-likeness (QED) is 0.824. The van der Waals surface area contributed by atoms with Crippen LogP contribution < -0.4 is 0 Å². The molecule has 0 atom stereocenters. The maximum absolute atomic E-state index is 13.6. The van der Waals surface area contributed by atoms with Crippen LogP contribution in [0.2, 0.25) is 10.0 Å². The molecule has 0 aliphatic rings. The molecule has 0 amide bonds. The molecule has 1 aromatic carbocycles. The third kappa shape index (κ3) is 2.45. The Morgan fingerprint density at radius 1 is 1.22 bits per heavy atom. The van der Waals surface area contributed by atoms with E-state index in [4.69, 9.17) is 28.5 Å². The number of halogens is 3. The Morgan fingerprint density at radius 3 is 2.67 bits per heavy atom. The van der Waals surface area contributed by atoms with Crippen molar-refractivity contribution in [1.29, 1.82) is 5.26 Å². The van der Waals surface area contributed by atoms with Crippen LogP contribution in [-0.2, 0) is 6.42 Å². The second-order valence-corrected chi connectivity index (χ2v) is 4.43. The minimum atomic E-state index is -0.500. The number of nitrogens with zero attached hydrogens (tertiary/aromatic N) is 2. The monoisotopic (exact) mass is 280 g/mol. The maximum atomic E-state index is 13.6. The molecule has 0 bridgehead atoms. The van der Waals surface area contributed by atoms with Gasteiger partial charge in [-0.25, -0.2) is 4.39 Å². The summed E-state index contributed by atoms with van der Waals surface area (Å²) in [6.45, 7) is 0. The van der Waals surface area contributed by atoms with Crippen molar-refractivity contribution in [2.75, 3.05) is 0 Å². The molecule has 0 N–H and O–H groups in total. The lowest BCUT2D eigenvalue weighted by molar-refractivity contribution is 0.609. The van der Waals surface area contributed by atoms with Gasteiger partial charge in [-0.15, -0.1) is 0 Å². The maximum Gasteiger partial charge on any atom is 0.146 e. The Kier molecular flexibility index (Phi) is 3.81. The second-order valence-electron chi connectivity index (χ2n) is 3.61. The molecule has 1 heterocycles. The van der Waals surface area contributed by atoms with Crippen LogP contribution in [0.4, 0.5) is 4.39 Å². The molecule has 0 aliphatic heterocycles. The molecular formula is C13H7Cl2FN2. The average Bonchev–Trinajstić information content (AvgIpc) is 2.35. The van der Waals surface area contributed by atoms with Crippen molar-refractivity contribution < 1.29 is 4.39 Å². The highest BCUT2D eigenvalue weighted by Crippen LogP contribution is 2.30. The van der Waals surface area contributed by atoms with Crippen molar-refractivity contribution in [1.82, 2.24) is 4.98 Å². The van der Waals surface area contributed by atoms with Gasteiger partial charge in [-0.05, 0) is 17.7 Å². The first-order valence-electron chi connectivity index (χ1n) is 5.08. The zero-order valence-electron chi connectivity index (χ0n) is 9.12.